The van der Waals surface area contributed by atoms with Crippen molar-refractivity contribution >= 4 is 67.1 Å². The molecule has 1 aromatic heterocycles. The zero-order valence-electron chi connectivity index (χ0n) is 15.7. The lowest BCUT2D eigenvalue weighted by Crippen LogP contribution is -2.21. The molecule has 1 heterocycles. The number of rotatable bonds is 7. The molecule has 0 saturated heterocycles. The Morgan fingerprint density at radius 3 is 2.50 bits per heavy atom. The van der Waals surface area contributed by atoms with Crippen molar-refractivity contribution in [2.45, 2.75) is 9.10 Å². The summed E-state index contributed by atoms with van der Waals surface area (Å²) >= 11 is 12.4. The number of nitro groups is 1. The van der Waals surface area contributed by atoms with Gasteiger partial charge in [-0.05, 0) is 30.3 Å². The number of carbonyl (C=O) groups is 2. The van der Waals surface area contributed by atoms with Crippen LogP contribution < -0.4 is 5.32 Å². The number of nitrogens with one attached hydrogen (secondary N) is 1. The smallest absolute Gasteiger partial charge is 0.340 e. The summed E-state index contributed by atoms with van der Waals surface area (Å²) in [5.74, 6) is -1.63. The molecule has 14 heteroatoms. The summed E-state index contributed by atoms with van der Waals surface area (Å²) in [5.41, 5.74) is -0.271. The average molecular weight is 516 g/mol. The highest BCUT2D eigenvalue weighted by Crippen LogP contribution is 2.29. The molecule has 0 saturated carbocycles. The van der Waals surface area contributed by atoms with E-state index in [9.17, 15) is 28.1 Å². The van der Waals surface area contributed by atoms with Crippen LogP contribution in [0.3, 0.4) is 0 Å². The van der Waals surface area contributed by atoms with Crippen LogP contribution in [0.15, 0.2) is 57.8 Å². The molecular weight excluding hydrogens is 505 g/mol. The SMILES string of the molecule is O=C(COC(=O)c1cc(Cl)ccc1Cl)Nc1ncc(S(=O)(=O)c2ccc([N+](=O)[O-])cc2)s1. The highest BCUT2D eigenvalue weighted by molar-refractivity contribution is 7.93. The molecule has 166 valence electrons. The Kier molecular flexibility index (Phi) is 7.09. The fourth-order valence-electron chi connectivity index (χ4n) is 2.32. The molecule has 0 aliphatic rings. The fourth-order valence-corrected chi connectivity index (χ4v) is 5.14. The first kappa shape index (κ1) is 23.6. The molecule has 0 spiro atoms. The van der Waals surface area contributed by atoms with E-state index in [4.69, 9.17) is 27.9 Å². The number of aromatic nitrogens is 1. The summed E-state index contributed by atoms with van der Waals surface area (Å²) in [6.45, 7) is -0.675. The van der Waals surface area contributed by atoms with E-state index >= 15 is 0 Å². The van der Waals surface area contributed by atoms with Gasteiger partial charge in [-0.15, -0.1) is 0 Å². The van der Waals surface area contributed by atoms with Gasteiger partial charge in [-0.3, -0.25) is 20.2 Å². The van der Waals surface area contributed by atoms with Gasteiger partial charge >= 0.3 is 5.97 Å². The van der Waals surface area contributed by atoms with Gasteiger partial charge in [0.1, 0.15) is 4.21 Å². The van der Waals surface area contributed by atoms with Gasteiger partial charge in [0.05, 0.1) is 26.6 Å². The predicted molar refractivity (Wildman–Crippen MR) is 116 cm³/mol. The molecular formula is C18H11Cl2N3O7S2. The first-order valence-corrected chi connectivity index (χ1v) is 11.5. The number of ether oxygens (including phenoxy) is 1. The van der Waals surface area contributed by atoms with Crippen molar-refractivity contribution in [3.05, 3.63) is 74.4 Å². The van der Waals surface area contributed by atoms with Crippen molar-refractivity contribution in [1.29, 1.82) is 0 Å². The molecule has 3 rings (SSSR count). The summed E-state index contributed by atoms with van der Waals surface area (Å²) in [6.07, 6.45) is 1.04. The first-order chi connectivity index (χ1) is 15.1. The average Bonchev–Trinajstić information content (AvgIpc) is 3.23. The van der Waals surface area contributed by atoms with E-state index in [2.05, 4.69) is 10.3 Å². The van der Waals surface area contributed by atoms with Gasteiger partial charge in [-0.25, -0.2) is 18.2 Å². The molecule has 0 fully saturated rings. The zero-order chi connectivity index (χ0) is 23.5. The summed E-state index contributed by atoms with van der Waals surface area (Å²) in [6, 6.07) is 8.52. The highest BCUT2D eigenvalue weighted by atomic mass is 35.5. The molecule has 1 amide bonds. The van der Waals surface area contributed by atoms with Crippen LogP contribution in [0.4, 0.5) is 10.8 Å². The number of hydrogen-bond acceptors (Lipinski definition) is 9. The van der Waals surface area contributed by atoms with E-state index in [1.54, 1.807) is 0 Å². The number of halogens is 2. The van der Waals surface area contributed by atoms with Crippen LogP contribution in [0.2, 0.25) is 10.0 Å². The maximum absolute atomic E-state index is 12.6. The van der Waals surface area contributed by atoms with Gasteiger partial charge in [0.15, 0.2) is 11.7 Å². The third kappa shape index (κ3) is 5.40. The van der Waals surface area contributed by atoms with E-state index in [1.165, 1.54) is 18.2 Å². The highest BCUT2D eigenvalue weighted by Gasteiger charge is 2.23. The predicted octanol–water partition coefficient (Wildman–Crippen LogP) is 3.99. The lowest BCUT2D eigenvalue weighted by molar-refractivity contribution is -0.384. The van der Waals surface area contributed by atoms with Crippen molar-refractivity contribution in [2.24, 2.45) is 0 Å². The number of nitro benzene ring substituents is 1. The number of benzene rings is 2. The summed E-state index contributed by atoms with van der Waals surface area (Å²) in [4.78, 5) is 37.8. The second kappa shape index (κ2) is 9.61. The molecule has 10 nitrogen and oxygen atoms in total. The Bertz CT molecular complexity index is 1310. The molecule has 0 unspecified atom stereocenters. The number of nitrogens with zero attached hydrogens (tertiary/aromatic N) is 2. The molecule has 0 atom stereocenters. The van der Waals surface area contributed by atoms with Crippen LogP contribution in [0.5, 0.6) is 0 Å². The number of thiazole rings is 1. The van der Waals surface area contributed by atoms with Gasteiger partial charge < -0.3 is 4.74 Å². The minimum atomic E-state index is -4.00. The minimum Gasteiger partial charge on any atom is -0.452 e. The van der Waals surface area contributed by atoms with Gasteiger partial charge in [-0.1, -0.05) is 34.5 Å². The molecule has 0 aliphatic carbocycles. The number of sulfone groups is 1. The second-order valence-electron chi connectivity index (χ2n) is 5.99. The Labute approximate surface area is 194 Å². The third-order valence-electron chi connectivity index (χ3n) is 3.84. The van der Waals surface area contributed by atoms with Crippen LogP contribution >= 0.6 is 34.5 Å². The topological polar surface area (TPSA) is 146 Å². The van der Waals surface area contributed by atoms with Crippen LogP contribution in [0.1, 0.15) is 10.4 Å². The van der Waals surface area contributed by atoms with E-state index < -0.39 is 33.2 Å². The maximum atomic E-state index is 12.6. The molecule has 3 aromatic rings. The van der Waals surface area contributed by atoms with E-state index in [1.807, 2.05) is 0 Å². The van der Waals surface area contributed by atoms with Crippen LogP contribution in [0.25, 0.3) is 0 Å². The van der Waals surface area contributed by atoms with Gasteiger partial charge in [0, 0.05) is 17.2 Å². The van der Waals surface area contributed by atoms with Gasteiger partial charge in [0.2, 0.25) is 9.84 Å². The minimum absolute atomic E-state index is 0.0160. The number of amides is 1. The van der Waals surface area contributed by atoms with Gasteiger partial charge in [-0.2, -0.15) is 0 Å². The van der Waals surface area contributed by atoms with E-state index in [-0.39, 0.29) is 35.5 Å². The van der Waals surface area contributed by atoms with Crippen molar-refractivity contribution in [2.75, 3.05) is 11.9 Å². The first-order valence-electron chi connectivity index (χ1n) is 8.45. The lowest BCUT2D eigenvalue weighted by Gasteiger charge is -2.06. The number of anilines is 1. The number of esters is 1. The molecule has 0 bridgehead atoms. The maximum Gasteiger partial charge on any atom is 0.340 e. The van der Waals surface area contributed by atoms with Crippen molar-refractivity contribution < 1.29 is 27.7 Å². The third-order valence-corrected chi connectivity index (χ3v) is 7.54. The van der Waals surface area contributed by atoms with Crippen LogP contribution in [0, 0.1) is 10.1 Å². The molecule has 0 radical (unpaired) electrons. The Balaban J connectivity index is 1.64. The Morgan fingerprint density at radius 2 is 1.84 bits per heavy atom. The fraction of sp³-hybridized carbons (Fsp3) is 0.0556. The Morgan fingerprint density at radius 1 is 1.16 bits per heavy atom. The summed E-state index contributed by atoms with van der Waals surface area (Å²) < 4.78 is 30.0. The second-order valence-corrected chi connectivity index (χ2v) is 10.0. The van der Waals surface area contributed by atoms with E-state index in [0.29, 0.717) is 11.3 Å². The van der Waals surface area contributed by atoms with Crippen LogP contribution in [-0.4, -0.2) is 36.8 Å². The molecule has 1 N–H and O–H groups in total. The molecule has 32 heavy (non-hydrogen) atoms. The van der Waals surface area contributed by atoms with Crippen molar-refractivity contribution in [3.8, 4) is 0 Å². The quantitative estimate of drug-likeness (QED) is 0.282. The standard InChI is InChI=1S/C18H11Cl2N3O7S2/c19-10-1-6-14(20)13(7-10)17(25)30-9-15(24)22-18-21-8-16(31-18)32(28,29)12-4-2-11(3-5-12)23(26)27/h1-8H,9H2,(H,21,22,24). The normalized spacial score (nSPS) is 11.1. The monoisotopic (exact) mass is 515 g/mol. The number of non-ortho nitro benzene ring substituents is 1. The van der Waals surface area contributed by atoms with Crippen molar-refractivity contribution in [3.63, 3.8) is 0 Å². The molecule has 0 aliphatic heterocycles. The lowest BCUT2D eigenvalue weighted by atomic mass is 10.2. The Hall–Kier alpha value is -3.06. The molecule has 2 aromatic carbocycles. The van der Waals surface area contributed by atoms with E-state index in [0.717, 1.165) is 30.5 Å². The number of hydrogen-bond donors (Lipinski definition) is 1. The van der Waals surface area contributed by atoms with Crippen molar-refractivity contribution in [1.82, 2.24) is 4.98 Å². The van der Waals surface area contributed by atoms with Crippen LogP contribution in [-0.2, 0) is 19.4 Å². The van der Waals surface area contributed by atoms with Gasteiger partial charge in [0.25, 0.3) is 11.6 Å². The zero-order valence-corrected chi connectivity index (χ0v) is 18.8. The number of carbonyl (C=O) groups excluding carboxylic acids is 2. The largest absolute Gasteiger partial charge is 0.452 e. The summed E-state index contributed by atoms with van der Waals surface area (Å²) in [7, 11) is -4.00. The summed E-state index contributed by atoms with van der Waals surface area (Å²) in [5, 5.41) is 13.3.